The molecule has 1 heterocycles. The van der Waals surface area contributed by atoms with E-state index in [0.29, 0.717) is 15.6 Å². The van der Waals surface area contributed by atoms with Gasteiger partial charge in [-0.15, -0.1) is 11.3 Å². The fourth-order valence-corrected chi connectivity index (χ4v) is 4.23. The summed E-state index contributed by atoms with van der Waals surface area (Å²) in [4.78, 5) is 0. The van der Waals surface area contributed by atoms with Crippen molar-refractivity contribution in [3.63, 3.8) is 0 Å². The largest absolute Gasteiger partial charge is 0.384 e. The first kappa shape index (κ1) is 15.9. The molecule has 0 radical (unpaired) electrons. The van der Waals surface area contributed by atoms with Gasteiger partial charge in [-0.05, 0) is 42.8 Å². The Bertz CT molecular complexity index is 816. The number of hydrogen-bond acceptors (Lipinski definition) is 4. The van der Waals surface area contributed by atoms with Crippen molar-refractivity contribution in [1.82, 2.24) is 0 Å². The number of rotatable bonds is 3. The molecular formula is C14H12ClNO3S2. The number of sulfonamides is 1. The molecule has 110 valence electrons. The van der Waals surface area contributed by atoms with E-state index < -0.39 is 10.0 Å². The molecular weight excluding hydrogens is 330 g/mol. The maximum Gasteiger partial charge on any atom is 0.271 e. The summed E-state index contributed by atoms with van der Waals surface area (Å²) in [6.07, 6.45) is 0. The van der Waals surface area contributed by atoms with Crippen LogP contribution >= 0.6 is 22.9 Å². The molecule has 0 fully saturated rings. The van der Waals surface area contributed by atoms with E-state index in [1.54, 1.807) is 12.1 Å². The van der Waals surface area contributed by atoms with Gasteiger partial charge in [0.2, 0.25) is 0 Å². The summed E-state index contributed by atoms with van der Waals surface area (Å²) in [7, 11) is -3.66. The van der Waals surface area contributed by atoms with Crippen molar-refractivity contribution in [3.05, 3.63) is 45.8 Å². The van der Waals surface area contributed by atoms with Crippen molar-refractivity contribution in [2.75, 3.05) is 11.3 Å². The Balaban J connectivity index is 2.33. The Morgan fingerprint density at radius 3 is 2.71 bits per heavy atom. The molecule has 0 aliphatic rings. The minimum atomic E-state index is -3.66. The predicted octanol–water partition coefficient (Wildman–Crippen LogP) is 2.85. The molecule has 0 aliphatic heterocycles. The minimum absolute atomic E-state index is 0.150. The average Bonchev–Trinajstić information content (AvgIpc) is 2.83. The summed E-state index contributed by atoms with van der Waals surface area (Å²) in [5.74, 6) is 5.28. The van der Waals surface area contributed by atoms with Crippen LogP contribution in [-0.2, 0) is 10.0 Å². The quantitative estimate of drug-likeness (QED) is 0.844. The summed E-state index contributed by atoms with van der Waals surface area (Å²) in [6.45, 7) is 1.59. The van der Waals surface area contributed by atoms with Gasteiger partial charge in [-0.25, -0.2) is 8.42 Å². The molecule has 1 aromatic heterocycles. The van der Waals surface area contributed by atoms with Gasteiger partial charge in [-0.2, -0.15) is 0 Å². The van der Waals surface area contributed by atoms with Crippen molar-refractivity contribution in [2.45, 2.75) is 11.1 Å². The normalized spacial score (nSPS) is 10.8. The third-order valence-corrected chi connectivity index (χ3v) is 5.56. The van der Waals surface area contributed by atoms with Crippen LogP contribution in [0.2, 0.25) is 4.34 Å². The number of aryl methyl sites for hydroxylation is 1. The van der Waals surface area contributed by atoms with Crippen LogP contribution in [0.25, 0.3) is 0 Å². The third kappa shape index (κ3) is 4.22. The molecule has 0 amide bonds. The summed E-state index contributed by atoms with van der Waals surface area (Å²) in [5.41, 5.74) is 1.91. The topological polar surface area (TPSA) is 66.4 Å². The number of aliphatic hydroxyl groups excluding tert-OH is 1. The van der Waals surface area contributed by atoms with Gasteiger partial charge in [0.15, 0.2) is 0 Å². The first-order valence-corrected chi connectivity index (χ1v) is 8.58. The van der Waals surface area contributed by atoms with E-state index in [9.17, 15) is 8.42 Å². The second-order valence-electron chi connectivity index (χ2n) is 4.21. The molecule has 0 saturated carbocycles. The standard InChI is InChI=1S/C14H12ClNO3S2/c1-10-7-11(3-2-6-17)9-12(8-10)16-21(18,19)14-5-4-13(15)20-14/h4-5,7-9,16-17H,6H2,1H3. The van der Waals surface area contributed by atoms with E-state index >= 15 is 0 Å². The molecule has 0 atom stereocenters. The second kappa shape index (κ2) is 6.50. The Morgan fingerprint density at radius 2 is 2.10 bits per heavy atom. The van der Waals surface area contributed by atoms with Crippen LogP contribution in [0.1, 0.15) is 11.1 Å². The molecule has 21 heavy (non-hydrogen) atoms. The van der Waals surface area contributed by atoms with Crippen LogP contribution in [-0.4, -0.2) is 20.1 Å². The van der Waals surface area contributed by atoms with Crippen molar-refractivity contribution in [1.29, 1.82) is 0 Å². The lowest BCUT2D eigenvalue weighted by atomic mass is 10.1. The van der Waals surface area contributed by atoms with Gasteiger partial charge in [-0.1, -0.05) is 23.4 Å². The number of halogens is 1. The van der Waals surface area contributed by atoms with Crippen LogP contribution < -0.4 is 4.72 Å². The molecule has 0 spiro atoms. The highest BCUT2D eigenvalue weighted by molar-refractivity contribution is 7.94. The van der Waals surface area contributed by atoms with Crippen LogP contribution in [0.15, 0.2) is 34.5 Å². The van der Waals surface area contributed by atoms with Gasteiger partial charge in [0.1, 0.15) is 10.8 Å². The third-order valence-electron chi connectivity index (χ3n) is 2.45. The number of thiophene rings is 1. The lowest BCUT2D eigenvalue weighted by Crippen LogP contribution is -2.11. The lowest BCUT2D eigenvalue weighted by Gasteiger charge is -2.08. The Morgan fingerprint density at radius 1 is 1.33 bits per heavy atom. The molecule has 0 aliphatic carbocycles. The average molecular weight is 342 g/mol. The number of aliphatic hydroxyl groups is 1. The Hall–Kier alpha value is -1.52. The van der Waals surface area contributed by atoms with Crippen molar-refractivity contribution < 1.29 is 13.5 Å². The number of benzene rings is 1. The molecule has 4 nitrogen and oxygen atoms in total. The second-order valence-corrected chi connectivity index (χ2v) is 7.84. The minimum Gasteiger partial charge on any atom is -0.384 e. The van der Waals surface area contributed by atoms with Crippen molar-refractivity contribution in [3.8, 4) is 11.8 Å². The first-order valence-electron chi connectivity index (χ1n) is 5.90. The zero-order valence-electron chi connectivity index (χ0n) is 11.1. The SMILES string of the molecule is Cc1cc(C#CCO)cc(NS(=O)(=O)c2ccc(Cl)s2)c1. The summed E-state index contributed by atoms with van der Waals surface area (Å²) >= 11 is 6.75. The molecule has 2 N–H and O–H groups in total. The van der Waals surface area contributed by atoms with Gasteiger partial charge < -0.3 is 5.11 Å². The van der Waals surface area contributed by atoms with Crippen LogP contribution in [0, 0.1) is 18.8 Å². The monoisotopic (exact) mass is 341 g/mol. The highest BCUT2D eigenvalue weighted by Crippen LogP contribution is 2.27. The van der Waals surface area contributed by atoms with Gasteiger partial charge in [0, 0.05) is 5.56 Å². The van der Waals surface area contributed by atoms with E-state index in [2.05, 4.69) is 16.6 Å². The van der Waals surface area contributed by atoms with Crippen molar-refractivity contribution >= 4 is 38.6 Å². The Labute approximate surface area is 132 Å². The zero-order valence-corrected chi connectivity index (χ0v) is 13.4. The summed E-state index contributed by atoms with van der Waals surface area (Å²) in [6, 6.07) is 8.12. The predicted molar refractivity (Wildman–Crippen MR) is 85.3 cm³/mol. The van der Waals surface area contributed by atoms with E-state index in [-0.39, 0.29) is 10.8 Å². The molecule has 0 unspecified atom stereocenters. The maximum atomic E-state index is 12.2. The molecule has 0 saturated heterocycles. The highest BCUT2D eigenvalue weighted by atomic mass is 35.5. The summed E-state index contributed by atoms with van der Waals surface area (Å²) in [5, 5.41) is 8.71. The van der Waals surface area contributed by atoms with E-state index in [1.807, 2.05) is 13.0 Å². The van der Waals surface area contributed by atoms with Gasteiger partial charge in [-0.3, -0.25) is 4.72 Å². The lowest BCUT2D eigenvalue weighted by molar-refractivity contribution is 0.350. The van der Waals surface area contributed by atoms with Crippen LogP contribution in [0.3, 0.4) is 0 Å². The fraction of sp³-hybridized carbons (Fsp3) is 0.143. The molecule has 2 aromatic rings. The van der Waals surface area contributed by atoms with E-state index in [1.165, 1.54) is 12.1 Å². The van der Waals surface area contributed by atoms with Gasteiger partial charge in [0.25, 0.3) is 10.0 Å². The fourth-order valence-electron chi connectivity index (χ4n) is 1.70. The summed E-state index contributed by atoms with van der Waals surface area (Å²) < 4.78 is 27.5. The highest BCUT2D eigenvalue weighted by Gasteiger charge is 2.17. The van der Waals surface area contributed by atoms with E-state index in [0.717, 1.165) is 16.9 Å². The van der Waals surface area contributed by atoms with Crippen LogP contribution in [0.5, 0.6) is 0 Å². The molecule has 0 bridgehead atoms. The van der Waals surface area contributed by atoms with Crippen LogP contribution in [0.4, 0.5) is 5.69 Å². The van der Waals surface area contributed by atoms with E-state index in [4.69, 9.17) is 16.7 Å². The first-order chi connectivity index (χ1) is 9.90. The number of anilines is 1. The molecule has 7 heteroatoms. The number of nitrogens with one attached hydrogen (secondary N) is 1. The molecule has 2 rings (SSSR count). The maximum absolute atomic E-state index is 12.2. The zero-order chi connectivity index (χ0) is 15.5. The smallest absolute Gasteiger partial charge is 0.271 e. The van der Waals surface area contributed by atoms with Gasteiger partial charge >= 0.3 is 0 Å². The molecule has 1 aromatic carbocycles. The van der Waals surface area contributed by atoms with Crippen molar-refractivity contribution in [2.24, 2.45) is 0 Å². The Kier molecular flexibility index (Phi) is 4.91. The van der Waals surface area contributed by atoms with Gasteiger partial charge in [0.05, 0.1) is 10.0 Å². The number of hydrogen-bond donors (Lipinski definition) is 2.